The van der Waals surface area contributed by atoms with Crippen molar-refractivity contribution in [3.05, 3.63) is 86.3 Å². The Hall–Kier alpha value is -3.19. The third-order valence-electron chi connectivity index (χ3n) is 7.74. The van der Waals surface area contributed by atoms with E-state index < -0.39 is 0 Å². The van der Waals surface area contributed by atoms with Gasteiger partial charge in [0.15, 0.2) is 0 Å². The Morgan fingerprint density at radius 1 is 1.03 bits per heavy atom. The van der Waals surface area contributed by atoms with Gasteiger partial charge < -0.3 is 14.8 Å². The minimum Gasteiger partial charge on any atom is -0.352 e. The molecule has 1 aliphatic carbocycles. The Balaban J connectivity index is 1.46. The molecular weight excluding hydrogens is 491 g/mol. The lowest BCUT2D eigenvalue weighted by Crippen LogP contribution is -2.39. The third kappa shape index (κ3) is 5.28. The number of pyridine rings is 2. The van der Waals surface area contributed by atoms with E-state index in [1.165, 1.54) is 12.1 Å². The van der Waals surface area contributed by atoms with E-state index in [9.17, 15) is 14.0 Å². The maximum Gasteiger partial charge on any atom is 0.271 e. The molecule has 3 aromatic rings. The predicted octanol–water partition coefficient (Wildman–Crippen LogP) is 6.53. The molecule has 5 rings (SSSR count). The fourth-order valence-electron chi connectivity index (χ4n) is 5.61. The van der Waals surface area contributed by atoms with Crippen LogP contribution in [0.25, 0.3) is 0 Å². The zero-order chi connectivity index (χ0) is 26.1. The number of likely N-dealkylation sites (tertiary alicyclic amines) is 1. The summed E-state index contributed by atoms with van der Waals surface area (Å²) in [6, 6.07) is 10.5. The van der Waals surface area contributed by atoms with E-state index in [0.29, 0.717) is 30.0 Å². The highest BCUT2D eigenvalue weighted by atomic mass is 35.5. The number of hydrogen-bond acceptors (Lipinski definition) is 4. The predicted molar refractivity (Wildman–Crippen MR) is 144 cm³/mol. The number of halogens is 2. The van der Waals surface area contributed by atoms with Crippen molar-refractivity contribution in [3.8, 4) is 0 Å². The first-order valence-corrected chi connectivity index (χ1v) is 13.4. The van der Waals surface area contributed by atoms with Crippen LogP contribution in [-0.2, 0) is 0 Å². The van der Waals surface area contributed by atoms with Crippen molar-refractivity contribution in [2.45, 2.75) is 64.3 Å². The Morgan fingerprint density at radius 3 is 2.35 bits per heavy atom. The fourth-order valence-corrected chi connectivity index (χ4v) is 5.86. The molecule has 2 fully saturated rings. The van der Waals surface area contributed by atoms with Crippen LogP contribution in [0.1, 0.15) is 77.8 Å². The molecule has 1 amide bonds. The average Bonchev–Trinajstić information content (AvgIpc) is 3.43. The summed E-state index contributed by atoms with van der Waals surface area (Å²) in [6.07, 6.45) is 7.21. The highest BCUT2D eigenvalue weighted by molar-refractivity contribution is 6.34. The van der Waals surface area contributed by atoms with Gasteiger partial charge in [-0.1, -0.05) is 36.6 Å². The summed E-state index contributed by atoms with van der Waals surface area (Å²) in [6.45, 7) is 4.94. The molecule has 0 radical (unpaired) electrons. The van der Waals surface area contributed by atoms with Gasteiger partial charge in [-0.3, -0.25) is 14.6 Å². The second-order valence-electron chi connectivity index (χ2n) is 10.2. The molecule has 1 aromatic carbocycles. The number of hydrogen-bond donors (Lipinski definition) is 1. The molecule has 0 spiro atoms. The van der Waals surface area contributed by atoms with Crippen LogP contribution in [0, 0.1) is 19.7 Å². The summed E-state index contributed by atoms with van der Waals surface area (Å²) < 4.78 is 15.0. The van der Waals surface area contributed by atoms with E-state index in [1.807, 2.05) is 43.0 Å². The number of carbonyl (C=O) groups excluding carboxylic acids is 1. The van der Waals surface area contributed by atoms with Crippen molar-refractivity contribution < 1.29 is 9.18 Å². The van der Waals surface area contributed by atoms with E-state index in [-0.39, 0.29) is 34.3 Å². The molecule has 194 valence electrons. The van der Waals surface area contributed by atoms with Crippen LogP contribution in [0.5, 0.6) is 0 Å². The zero-order valence-corrected chi connectivity index (χ0v) is 22.0. The van der Waals surface area contributed by atoms with Gasteiger partial charge in [-0.25, -0.2) is 4.39 Å². The molecule has 37 heavy (non-hydrogen) atoms. The van der Waals surface area contributed by atoms with Crippen LogP contribution in [-0.4, -0.2) is 33.4 Å². The van der Waals surface area contributed by atoms with E-state index in [1.54, 1.807) is 10.8 Å². The first-order chi connectivity index (χ1) is 17.8. The summed E-state index contributed by atoms with van der Waals surface area (Å²) in [5, 5.41) is 3.29. The van der Waals surface area contributed by atoms with Gasteiger partial charge in [0.25, 0.3) is 11.5 Å². The SMILES string of the molecule is Cc1ccc(Nc2c(C(=O)N3CCC(c4ccc(F)cc4)CC3)cn(C3CCCC3)c(=O)c2Cl)c(C)n1. The molecule has 0 unspecified atom stereocenters. The van der Waals surface area contributed by atoms with Crippen molar-refractivity contribution >= 4 is 28.9 Å². The maximum atomic E-state index is 13.9. The number of nitrogens with zero attached hydrogens (tertiary/aromatic N) is 3. The number of benzene rings is 1. The van der Waals surface area contributed by atoms with Crippen molar-refractivity contribution in [2.24, 2.45) is 0 Å². The summed E-state index contributed by atoms with van der Waals surface area (Å²) >= 11 is 6.70. The fraction of sp³-hybridized carbons (Fsp3) is 0.414. The number of carbonyl (C=O) groups is 1. The lowest BCUT2D eigenvalue weighted by Gasteiger charge is -2.33. The summed E-state index contributed by atoms with van der Waals surface area (Å²) in [5.41, 5.74) is 3.89. The number of rotatable bonds is 5. The number of amides is 1. The molecule has 2 aromatic heterocycles. The van der Waals surface area contributed by atoms with Gasteiger partial charge in [-0.05, 0) is 75.3 Å². The van der Waals surface area contributed by atoms with Gasteiger partial charge in [0.05, 0.1) is 22.6 Å². The molecule has 1 saturated carbocycles. The highest BCUT2D eigenvalue weighted by Crippen LogP contribution is 2.35. The molecular formula is C29H32ClFN4O2. The lowest BCUT2D eigenvalue weighted by molar-refractivity contribution is 0.0713. The summed E-state index contributed by atoms with van der Waals surface area (Å²) in [4.78, 5) is 33.6. The lowest BCUT2D eigenvalue weighted by atomic mass is 9.89. The van der Waals surface area contributed by atoms with Crippen LogP contribution < -0.4 is 10.9 Å². The van der Waals surface area contributed by atoms with Crippen LogP contribution >= 0.6 is 11.6 Å². The Kier molecular flexibility index (Phi) is 7.33. The van der Waals surface area contributed by atoms with Gasteiger partial charge in [-0.2, -0.15) is 0 Å². The molecule has 0 bridgehead atoms. The van der Waals surface area contributed by atoms with Crippen LogP contribution in [0.4, 0.5) is 15.8 Å². The zero-order valence-electron chi connectivity index (χ0n) is 21.3. The normalized spacial score (nSPS) is 16.8. The molecule has 8 heteroatoms. The van der Waals surface area contributed by atoms with Gasteiger partial charge in [-0.15, -0.1) is 0 Å². The first kappa shape index (κ1) is 25.5. The number of nitrogens with one attached hydrogen (secondary N) is 1. The number of piperidine rings is 1. The molecule has 0 atom stereocenters. The van der Waals surface area contributed by atoms with Crippen molar-refractivity contribution in [1.82, 2.24) is 14.5 Å². The molecule has 1 saturated heterocycles. The van der Waals surface area contributed by atoms with Crippen molar-refractivity contribution in [3.63, 3.8) is 0 Å². The minimum atomic E-state index is -0.277. The van der Waals surface area contributed by atoms with Crippen LogP contribution in [0.2, 0.25) is 5.02 Å². The second-order valence-corrected chi connectivity index (χ2v) is 10.6. The standard InChI is InChI=1S/C29H32ClFN4O2/c1-18-7-12-25(19(2)32-18)33-27-24(17-35(29(37)26(27)30)23-5-3-4-6-23)28(36)34-15-13-21(14-16-34)20-8-10-22(31)11-9-20/h7-12,17,21,23,33H,3-6,13-16H2,1-2H3. The Bertz CT molecular complexity index is 1360. The number of anilines is 2. The molecule has 6 nitrogen and oxygen atoms in total. The summed E-state index contributed by atoms with van der Waals surface area (Å²) in [7, 11) is 0. The van der Waals surface area contributed by atoms with Gasteiger partial charge in [0, 0.05) is 31.0 Å². The molecule has 1 N–H and O–H groups in total. The maximum absolute atomic E-state index is 13.9. The second kappa shape index (κ2) is 10.7. The van der Waals surface area contributed by atoms with Crippen LogP contribution in [0.15, 0.2) is 47.4 Å². The minimum absolute atomic E-state index is 0.0268. The van der Waals surface area contributed by atoms with E-state index in [4.69, 9.17) is 11.6 Å². The van der Waals surface area contributed by atoms with Crippen LogP contribution in [0.3, 0.4) is 0 Å². The smallest absolute Gasteiger partial charge is 0.271 e. The highest BCUT2D eigenvalue weighted by Gasteiger charge is 2.30. The topological polar surface area (TPSA) is 67.2 Å². The number of aromatic nitrogens is 2. The largest absolute Gasteiger partial charge is 0.352 e. The summed E-state index contributed by atoms with van der Waals surface area (Å²) in [5.74, 6) is -0.115. The molecule has 1 aliphatic heterocycles. The van der Waals surface area contributed by atoms with Gasteiger partial charge in [0.1, 0.15) is 10.8 Å². The number of aryl methyl sites for hydroxylation is 2. The molecule has 3 heterocycles. The Labute approximate surface area is 221 Å². The van der Waals surface area contributed by atoms with E-state index in [2.05, 4.69) is 10.3 Å². The van der Waals surface area contributed by atoms with Crippen molar-refractivity contribution in [1.29, 1.82) is 0 Å². The first-order valence-electron chi connectivity index (χ1n) is 13.0. The average molecular weight is 523 g/mol. The van der Waals surface area contributed by atoms with Gasteiger partial charge in [0.2, 0.25) is 0 Å². The quantitative estimate of drug-likeness (QED) is 0.413. The Morgan fingerprint density at radius 2 is 1.70 bits per heavy atom. The van der Waals surface area contributed by atoms with Gasteiger partial charge >= 0.3 is 0 Å². The third-order valence-corrected chi connectivity index (χ3v) is 8.09. The molecule has 2 aliphatic rings. The van der Waals surface area contributed by atoms with Crippen molar-refractivity contribution in [2.75, 3.05) is 18.4 Å². The van der Waals surface area contributed by atoms with E-state index in [0.717, 1.165) is 55.5 Å². The monoisotopic (exact) mass is 522 g/mol. The van der Waals surface area contributed by atoms with E-state index >= 15 is 0 Å².